The third-order valence-corrected chi connectivity index (χ3v) is 1.84. The molecule has 0 aliphatic rings. The topological polar surface area (TPSA) is 18.5 Å². The minimum absolute atomic E-state index is 0.252. The van der Waals surface area contributed by atoms with Crippen molar-refractivity contribution in [2.75, 3.05) is 19.8 Å². The summed E-state index contributed by atoms with van der Waals surface area (Å²) in [4.78, 5) is 0. The number of alkyl halides is 3. The Balaban J connectivity index is 2.99. The van der Waals surface area contributed by atoms with E-state index in [1.165, 1.54) is 0 Å². The smallest absolute Gasteiger partial charge is 0.381 e. The molecule has 0 unspecified atom stereocenters. The molecule has 5 heteroatoms. The van der Waals surface area contributed by atoms with Gasteiger partial charge in [0.2, 0.25) is 0 Å². The van der Waals surface area contributed by atoms with E-state index in [2.05, 4.69) is 11.7 Å². The highest BCUT2D eigenvalue weighted by molar-refractivity contribution is 4.42. The molecule has 2 nitrogen and oxygen atoms in total. The number of hydrogen-bond donors (Lipinski definition) is 0. The fraction of sp³-hybridized carbons (Fsp3) is 1.00. The summed E-state index contributed by atoms with van der Waals surface area (Å²) in [6.45, 7) is 3.21. The van der Waals surface area contributed by atoms with Crippen LogP contribution in [-0.2, 0) is 9.47 Å². The quantitative estimate of drug-likeness (QED) is 0.562. The summed E-state index contributed by atoms with van der Waals surface area (Å²) in [6, 6.07) is 0. The molecule has 0 aromatic carbocycles. The second-order valence-corrected chi connectivity index (χ2v) is 3.32. The predicted molar refractivity (Wildman–Crippen MR) is 51.6 cm³/mol. The zero-order valence-electron chi connectivity index (χ0n) is 9.11. The second-order valence-electron chi connectivity index (χ2n) is 3.32. The van der Waals surface area contributed by atoms with E-state index in [9.17, 15) is 13.2 Å². The first kappa shape index (κ1) is 14.7. The summed E-state index contributed by atoms with van der Waals surface area (Å²) in [5.74, 6) is 0. The molecule has 0 aliphatic carbocycles. The fourth-order valence-corrected chi connectivity index (χ4v) is 1.02. The molecular formula is C10H19F3O2. The van der Waals surface area contributed by atoms with Crippen LogP contribution in [0.1, 0.15) is 39.0 Å². The molecule has 0 bridgehead atoms. The normalized spacial score (nSPS) is 12.0. The lowest BCUT2D eigenvalue weighted by Gasteiger charge is -2.07. The Kier molecular flexibility index (Phi) is 8.80. The van der Waals surface area contributed by atoms with Crippen molar-refractivity contribution in [2.45, 2.75) is 45.4 Å². The van der Waals surface area contributed by atoms with Crippen LogP contribution in [0, 0.1) is 0 Å². The van der Waals surface area contributed by atoms with Gasteiger partial charge >= 0.3 is 6.36 Å². The number of halogens is 3. The van der Waals surface area contributed by atoms with E-state index in [-0.39, 0.29) is 6.61 Å². The van der Waals surface area contributed by atoms with Gasteiger partial charge in [-0.2, -0.15) is 0 Å². The lowest BCUT2D eigenvalue weighted by atomic mass is 10.2. The third-order valence-electron chi connectivity index (χ3n) is 1.84. The summed E-state index contributed by atoms with van der Waals surface area (Å²) in [5.41, 5.74) is 0. The van der Waals surface area contributed by atoms with Crippen molar-refractivity contribution in [3.8, 4) is 0 Å². The van der Waals surface area contributed by atoms with Crippen LogP contribution >= 0.6 is 0 Å². The SMILES string of the molecule is CCCCOCCCCCOC(F)(F)F. The van der Waals surface area contributed by atoms with Gasteiger partial charge in [0.15, 0.2) is 0 Å². The van der Waals surface area contributed by atoms with Crippen LogP contribution in [-0.4, -0.2) is 26.2 Å². The molecule has 15 heavy (non-hydrogen) atoms. The molecule has 0 heterocycles. The van der Waals surface area contributed by atoms with Gasteiger partial charge in [0, 0.05) is 13.2 Å². The molecule has 0 amide bonds. The third kappa shape index (κ3) is 13.7. The first-order valence-electron chi connectivity index (χ1n) is 5.34. The van der Waals surface area contributed by atoms with Gasteiger partial charge < -0.3 is 4.74 Å². The average Bonchev–Trinajstić information content (AvgIpc) is 2.14. The van der Waals surface area contributed by atoms with Crippen molar-refractivity contribution < 1.29 is 22.6 Å². The van der Waals surface area contributed by atoms with Crippen LogP contribution in [0.3, 0.4) is 0 Å². The van der Waals surface area contributed by atoms with Crippen molar-refractivity contribution >= 4 is 0 Å². The lowest BCUT2D eigenvalue weighted by molar-refractivity contribution is -0.324. The largest absolute Gasteiger partial charge is 0.522 e. The minimum atomic E-state index is -4.49. The van der Waals surface area contributed by atoms with Crippen molar-refractivity contribution in [1.82, 2.24) is 0 Å². The first-order chi connectivity index (χ1) is 7.06. The van der Waals surface area contributed by atoms with Crippen LogP contribution in [0.25, 0.3) is 0 Å². The summed E-state index contributed by atoms with van der Waals surface area (Å²) in [7, 11) is 0. The summed E-state index contributed by atoms with van der Waals surface area (Å²) >= 11 is 0. The molecule has 0 saturated carbocycles. The van der Waals surface area contributed by atoms with E-state index in [1.807, 2.05) is 0 Å². The van der Waals surface area contributed by atoms with Gasteiger partial charge in [-0.15, -0.1) is 13.2 Å². The molecule has 0 rings (SSSR count). The van der Waals surface area contributed by atoms with Crippen LogP contribution in [0.15, 0.2) is 0 Å². The molecule has 0 spiro atoms. The van der Waals surface area contributed by atoms with Crippen LogP contribution < -0.4 is 0 Å². The molecule has 0 atom stereocenters. The molecule has 92 valence electrons. The van der Waals surface area contributed by atoms with E-state index in [4.69, 9.17) is 4.74 Å². The van der Waals surface area contributed by atoms with Crippen molar-refractivity contribution in [2.24, 2.45) is 0 Å². The zero-order chi connectivity index (χ0) is 11.6. The summed E-state index contributed by atoms with van der Waals surface area (Å²) < 4.78 is 43.5. The molecule has 0 aromatic heterocycles. The summed E-state index contributed by atoms with van der Waals surface area (Å²) in [5, 5.41) is 0. The Morgan fingerprint density at radius 2 is 1.47 bits per heavy atom. The maximum atomic E-state index is 11.5. The Morgan fingerprint density at radius 3 is 2.07 bits per heavy atom. The molecular weight excluding hydrogens is 209 g/mol. The Morgan fingerprint density at radius 1 is 0.867 bits per heavy atom. The number of hydrogen-bond acceptors (Lipinski definition) is 2. The lowest BCUT2D eigenvalue weighted by Crippen LogP contribution is -2.14. The van der Waals surface area contributed by atoms with Crippen molar-refractivity contribution in [3.63, 3.8) is 0 Å². The maximum absolute atomic E-state index is 11.5. The Hall–Kier alpha value is -0.290. The zero-order valence-corrected chi connectivity index (χ0v) is 9.11. The highest BCUT2D eigenvalue weighted by Crippen LogP contribution is 2.16. The van der Waals surface area contributed by atoms with Crippen LogP contribution in [0.2, 0.25) is 0 Å². The molecule has 0 aromatic rings. The van der Waals surface area contributed by atoms with E-state index >= 15 is 0 Å². The van der Waals surface area contributed by atoms with E-state index in [0.29, 0.717) is 19.4 Å². The highest BCUT2D eigenvalue weighted by atomic mass is 19.4. The standard InChI is InChI=1S/C10H19F3O2/c1-2-3-7-14-8-5-4-6-9-15-10(11,12)13/h2-9H2,1H3. The fourth-order valence-electron chi connectivity index (χ4n) is 1.02. The maximum Gasteiger partial charge on any atom is 0.522 e. The van der Waals surface area contributed by atoms with Gasteiger partial charge in [-0.3, -0.25) is 4.74 Å². The van der Waals surface area contributed by atoms with E-state index in [0.717, 1.165) is 25.9 Å². The number of rotatable bonds is 9. The minimum Gasteiger partial charge on any atom is -0.381 e. The number of unbranched alkanes of at least 4 members (excludes halogenated alkanes) is 3. The van der Waals surface area contributed by atoms with Crippen molar-refractivity contribution in [3.05, 3.63) is 0 Å². The predicted octanol–water partition coefficient (Wildman–Crippen LogP) is 3.51. The molecule has 0 saturated heterocycles. The molecule has 0 aliphatic heterocycles. The van der Waals surface area contributed by atoms with E-state index in [1.54, 1.807) is 0 Å². The van der Waals surface area contributed by atoms with Crippen molar-refractivity contribution in [1.29, 1.82) is 0 Å². The van der Waals surface area contributed by atoms with Gasteiger partial charge in [-0.25, -0.2) is 0 Å². The average molecular weight is 228 g/mol. The van der Waals surface area contributed by atoms with Crippen LogP contribution in [0.4, 0.5) is 13.2 Å². The Bertz CT molecular complexity index is 137. The van der Waals surface area contributed by atoms with E-state index < -0.39 is 6.36 Å². The van der Waals surface area contributed by atoms with Gasteiger partial charge in [-0.05, 0) is 25.7 Å². The monoisotopic (exact) mass is 228 g/mol. The first-order valence-corrected chi connectivity index (χ1v) is 5.34. The second kappa shape index (κ2) is 8.97. The molecule has 0 fully saturated rings. The molecule has 0 N–H and O–H groups in total. The van der Waals surface area contributed by atoms with Gasteiger partial charge in [0.25, 0.3) is 0 Å². The van der Waals surface area contributed by atoms with Gasteiger partial charge in [0.05, 0.1) is 6.61 Å². The molecule has 0 radical (unpaired) electrons. The van der Waals surface area contributed by atoms with Crippen LogP contribution in [0.5, 0.6) is 0 Å². The van der Waals surface area contributed by atoms with Gasteiger partial charge in [-0.1, -0.05) is 13.3 Å². The summed E-state index contributed by atoms with van der Waals surface area (Å²) in [6.07, 6.45) is -0.419. The van der Waals surface area contributed by atoms with Gasteiger partial charge in [0.1, 0.15) is 0 Å². The highest BCUT2D eigenvalue weighted by Gasteiger charge is 2.28. The number of ether oxygens (including phenoxy) is 2. The Labute approximate surface area is 88.7 Å².